The Kier molecular flexibility index (Phi) is 9.15. The molecule has 0 bridgehead atoms. The maximum atomic E-state index is 5.44. The molecule has 1 aromatic heterocycles. The minimum atomic E-state index is 0. The predicted molar refractivity (Wildman–Crippen MR) is 104 cm³/mol. The van der Waals surface area contributed by atoms with Crippen LogP contribution in [-0.2, 0) is 11.3 Å². The van der Waals surface area contributed by atoms with Crippen molar-refractivity contribution in [2.75, 3.05) is 33.4 Å². The fraction of sp³-hybridized carbons (Fsp3) is 0.643. The Hall–Kier alpha value is 0.140. The van der Waals surface area contributed by atoms with Gasteiger partial charge < -0.3 is 15.0 Å². The van der Waals surface area contributed by atoms with Crippen LogP contribution in [-0.4, -0.2) is 44.2 Å². The van der Waals surface area contributed by atoms with Gasteiger partial charge in [-0.25, -0.2) is 4.99 Å². The monoisotopic (exact) mass is 487 g/mol. The molecular formula is C14H23BrIN3OS. The van der Waals surface area contributed by atoms with E-state index in [1.165, 1.54) is 4.88 Å². The number of nitrogens with zero attached hydrogens (tertiary/aromatic N) is 2. The highest BCUT2D eigenvalue weighted by Crippen LogP contribution is 2.20. The molecular weight excluding hydrogens is 465 g/mol. The van der Waals surface area contributed by atoms with Gasteiger partial charge in [-0.1, -0.05) is 0 Å². The largest absolute Gasteiger partial charge is 0.381 e. The number of hydrogen-bond acceptors (Lipinski definition) is 3. The molecule has 0 aliphatic carbocycles. The topological polar surface area (TPSA) is 36.9 Å². The Morgan fingerprint density at radius 2 is 2.43 bits per heavy atom. The van der Waals surface area contributed by atoms with Gasteiger partial charge in [-0.2, -0.15) is 0 Å². The summed E-state index contributed by atoms with van der Waals surface area (Å²) in [6, 6.07) is 2.13. The molecule has 2 rings (SSSR count). The van der Waals surface area contributed by atoms with Crippen molar-refractivity contribution in [2.24, 2.45) is 10.9 Å². The molecule has 0 radical (unpaired) electrons. The van der Waals surface area contributed by atoms with Crippen molar-refractivity contribution in [1.82, 2.24) is 10.2 Å². The second kappa shape index (κ2) is 10.0. The van der Waals surface area contributed by atoms with Crippen LogP contribution in [0, 0.1) is 5.92 Å². The van der Waals surface area contributed by atoms with E-state index in [1.807, 2.05) is 0 Å². The maximum absolute atomic E-state index is 5.44. The lowest BCUT2D eigenvalue weighted by atomic mass is 10.1. The van der Waals surface area contributed by atoms with Crippen LogP contribution in [0.1, 0.15) is 18.2 Å². The van der Waals surface area contributed by atoms with E-state index >= 15 is 0 Å². The summed E-state index contributed by atoms with van der Waals surface area (Å²) < 4.78 is 6.57. The number of guanidine groups is 1. The van der Waals surface area contributed by atoms with Crippen molar-refractivity contribution in [3.8, 4) is 0 Å². The second-order valence-electron chi connectivity index (χ2n) is 5.01. The third-order valence-corrected chi connectivity index (χ3v) is 4.94. The van der Waals surface area contributed by atoms with E-state index in [9.17, 15) is 0 Å². The fourth-order valence-corrected chi connectivity index (χ4v) is 3.63. The van der Waals surface area contributed by atoms with Gasteiger partial charge in [0.05, 0.1) is 13.2 Å². The molecule has 1 unspecified atom stereocenters. The number of nitrogens with one attached hydrogen (secondary N) is 1. The Labute approximate surface area is 156 Å². The zero-order valence-corrected chi connectivity index (χ0v) is 17.2. The smallest absolute Gasteiger partial charge is 0.194 e. The predicted octanol–water partition coefficient (Wildman–Crippen LogP) is 3.56. The summed E-state index contributed by atoms with van der Waals surface area (Å²) in [5.74, 6) is 1.60. The number of halogens is 2. The average molecular weight is 488 g/mol. The molecule has 1 atom stereocenters. The van der Waals surface area contributed by atoms with Crippen LogP contribution in [0.25, 0.3) is 0 Å². The number of hydrogen-bond donors (Lipinski definition) is 1. The van der Waals surface area contributed by atoms with Gasteiger partial charge >= 0.3 is 0 Å². The summed E-state index contributed by atoms with van der Waals surface area (Å²) in [4.78, 5) is 8.20. The molecule has 1 aromatic rings. The molecule has 1 fully saturated rings. The van der Waals surface area contributed by atoms with E-state index < -0.39 is 0 Å². The van der Waals surface area contributed by atoms with Gasteiger partial charge in [-0.3, -0.25) is 0 Å². The molecule has 1 aliphatic rings. The maximum Gasteiger partial charge on any atom is 0.194 e. The molecule has 1 saturated heterocycles. The number of rotatable bonds is 5. The van der Waals surface area contributed by atoms with Crippen molar-refractivity contribution >= 4 is 57.2 Å². The Balaban J connectivity index is 0.00000220. The Morgan fingerprint density at radius 1 is 1.62 bits per heavy atom. The minimum absolute atomic E-state index is 0. The number of aliphatic imine (C=N–C) groups is 1. The van der Waals surface area contributed by atoms with E-state index in [2.05, 4.69) is 51.6 Å². The van der Waals surface area contributed by atoms with Crippen LogP contribution in [0.3, 0.4) is 0 Å². The molecule has 21 heavy (non-hydrogen) atoms. The standard InChI is InChI=1S/C14H22BrN3OS.HI/c1-3-16-14(17-7-13-6-12(15)10-20-13)18(2)8-11-4-5-19-9-11;/h6,10-11H,3-5,7-9H2,1-2H3,(H,16,17);1H. The van der Waals surface area contributed by atoms with Crippen LogP contribution < -0.4 is 5.32 Å². The highest BCUT2D eigenvalue weighted by atomic mass is 127. The van der Waals surface area contributed by atoms with Crippen molar-refractivity contribution in [1.29, 1.82) is 0 Å². The van der Waals surface area contributed by atoms with Crippen molar-refractivity contribution in [3.63, 3.8) is 0 Å². The quantitative estimate of drug-likeness (QED) is 0.392. The molecule has 120 valence electrons. The molecule has 0 spiro atoms. The first kappa shape index (κ1) is 19.2. The summed E-state index contributed by atoms with van der Waals surface area (Å²) in [5.41, 5.74) is 0. The van der Waals surface area contributed by atoms with Gasteiger partial charge in [0, 0.05) is 47.4 Å². The van der Waals surface area contributed by atoms with E-state index in [0.29, 0.717) is 5.92 Å². The first-order valence-corrected chi connectivity index (χ1v) is 8.66. The average Bonchev–Trinajstić information content (AvgIpc) is 3.06. The summed E-state index contributed by atoms with van der Waals surface area (Å²) in [6.45, 7) is 6.49. The third kappa shape index (κ3) is 6.42. The molecule has 1 aliphatic heterocycles. The summed E-state index contributed by atoms with van der Waals surface area (Å²) in [5, 5.41) is 5.46. The SMILES string of the molecule is CCNC(=NCc1cc(Br)cs1)N(C)CC1CCOC1.I. The molecule has 0 saturated carbocycles. The first-order chi connectivity index (χ1) is 9.69. The van der Waals surface area contributed by atoms with E-state index in [1.54, 1.807) is 11.3 Å². The zero-order chi connectivity index (χ0) is 14.4. The van der Waals surface area contributed by atoms with Crippen LogP contribution in [0.15, 0.2) is 20.9 Å². The van der Waals surface area contributed by atoms with Crippen molar-refractivity contribution in [2.45, 2.75) is 19.9 Å². The van der Waals surface area contributed by atoms with Gasteiger partial charge in [0.2, 0.25) is 0 Å². The number of ether oxygens (including phenoxy) is 1. The van der Waals surface area contributed by atoms with Gasteiger partial charge in [0.1, 0.15) is 0 Å². The lowest BCUT2D eigenvalue weighted by Crippen LogP contribution is -2.41. The van der Waals surface area contributed by atoms with Crippen molar-refractivity contribution in [3.05, 3.63) is 20.8 Å². The zero-order valence-electron chi connectivity index (χ0n) is 12.5. The van der Waals surface area contributed by atoms with E-state index in [4.69, 9.17) is 9.73 Å². The first-order valence-electron chi connectivity index (χ1n) is 6.99. The van der Waals surface area contributed by atoms with Crippen molar-refractivity contribution < 1.29 is 4.74 Å². The van der Waals surface area contributed by atoms with Crippen LogP contribution in [0.5, 0.6) is 0 Å². The van der Waals surface area contributed by atoms with Gasteiger partial charge in [-0.15, -0.1) is 35.3 Å². The minimum Gasteiger partial charge on any atom is -0.381 e. The third-order valence-electron chi connectivity index (χ3n) is 3.26. The van der Waals surface area contributed by atoms with Gasteiger partial charge in [0.25, 0.3) is 0 Å². The molecule has 0 amide bonds. The molecule has 1 N–H and O–H groups in total. The summed E-state index contributed by atoms with van der Waals surface area (Å²) in [7, 11) is 2.10. The highest BCUT2D eigenvalue weighted by Gasteiger charge is 2.19. The van der Waals surface area contributed by atoms with Crippen LogP contribution in [0.4, 0.5) is 0 Å². The Morgan fingerprint density at radius 3 is 3.00 bits per heavy atom. The van der Waals surface area contributed by atoms with E-state index in [0.717, 1.165) is 49.7 Å². The Bertz CT molecular complexity index is 449. The van der Waals surface area contributed by atoms with Gasteiger partial charge in [-0.05, 0) is 35.3 Å². The summed E-state index contributed by atoms with van der Waals surface area (Å²) in [6.07, 6.45) is 1.15. The van der Waals surface area contributed by atoms with Crippen LogP contribution >= 0.6 is 51.2 Å². The fourth-order valence-electron chi connectivity index (χ4n) is 2.26. The summed E-state index contributed by atoms with van der Waals surface area (Å²) >= 11 is 5.21. The number of thiophene rings is 1. The molecule has 7 heteroatoms. The highest BCUT2D eigenvalue weighted by molar-refractivity contribution is 14.0. The lowest BCUT2D eigenvalue weighted by Gasteiger charge is -2.24. The van der Waals surface area contributed by atoms with Gasteiger partial charge in [0.15, 0.2) is 5.96 Å². The molecule has 4 nitrogen and oxygen atoms in total. The molecule has 0 aromatic carbocycles. The normalized spacial score (nSPS) is 18.4. The lowest BCUT2D eigenvalue weighted by molar-refractivity contribution is 0.181. The van der Waals surface area contributed by atoms with E-state index in [-0.39, 0.29) is 24.0 Å². The van der Waals surface area contributed by atoms with Crippen LogP contribution in [0.2, 0.25) is 0 Å². The molecule has 2 heterocycles. The second-order valence-corrected chi connectivity index (χ2v) is 6.92.